The Kier molecular flexibility index (Phi) is 6.56. The van der Waals surface area contributed by atoms with Crippen molar-refractivity contribution in [3.63, 3.8) is 0 Å². The highest BCUT2D eigenvalue weighted by Crippen LogP contribution is 2.25. The van der Waals surface area contributed by atoms with E-state index in [1.54, 1.807) is 11.1 Å². The van der Waals surface area contributed by atoms with Gasteiger partial charge in [0.15, 0.2) is 5.82 Å². The van der Waals surface area contributed by atoms with Crippen LogP contribution >= 0.6 is 0 Å². The van der Waals surface area contributed by atoms with E-state index in [0.29, 0.717) is 36.6 Å². The number of carbonyl (C=O) groups is 2. The number of halogens is 1. The average molecular weight is 476 g/mol. The van der Waals surface area contributed by atoms with Crippen molar-refractivity contribution < 1.29 is 18.7 Å². The summed E-state index contributed by atoms with van der Waals surface area (Å²) in [6, 6.07) is 16.6. The molecule has 1 N–H and O–H groups in total. The van der Waals surface area contributed by atoms with Crippen LogP contribution < -0.4 is 15.0 Å². The molecule has 2 aromatic carbocycles. The number of aromatic nitrogens is 2. The third-order valence-electron chi connectivity index (χ3n) is 6.39. The van der Waals surface area contributed by atoms with E-state index in [4.69, 9.17) is 4.74 Å². The van der Waals surface area contributed by atoms with Crippen LogP contribution in [0, 0.1) is 11.7 Å². The van der Waals surface area contributed by atoms with E-state index in [1.807, 2.05) is 36.4 Å². The minimum atomic E-state index is -0.365. The molecule has 3 heterocycles. The maximum atomic E-state index is 13.1. The minimum absolute atomic E-state index is 0.0178. The molecule has 0 saturated carbocycles. The van der Waals surface area contributed by atoms with Crippen molar-refractivity contribution in [3.8, 4) is 5.75 Å². The molecule has 0 spiro atoms. The van der Waals surface area contributed by atoms with Gasteiger partial charge in [0.05, 0.1) is 12.5 Å². The number of anilines is 2. The average Bonchev–Trinajstić information content (AvgIpc) is 3.56. The standard InChI is InChI=1S/C26H26FN5O3/c27-20-5-3-18(4-6-20)26(34)32-15-12-23(17-32)35-22-9-7-21(8-10-22)29-25(33)19-11-14-31(16-19)24-2-1-13-28-30-24/h1-10,13,19,23H,11-12,14-17H2,(H,29,33)/t19?,23-/m1/s1. The second-order valence-corrected chi connectivity index (χ2v) is 8.81. The number of rotatable bonds is 6. The van der Waals surface area contributed by atoms with Gasteiger partial charge < -0.3 is 19.9 Å². The van der Waals surface area contributed by atoms with Gasteiger partial charge in [-0.25, -0.2) is 4.39 Å². The van der Waals surface area contributed by atoms with Crippen molar-refractivity contribution in [1.82, 2.24) is 15.1 Å². The molecule has 2 atom stereocenters. The van der Waals surface area contributed by atoms with Crippen LogP contribution in [0.5, 0.6) is 5.75 Å². The molecule has 0 radical (unpaired) electrons. The maximum Gasteiger partial charge on any atom is 0.253 e. The van der Waals surface area contributed by atoms with Gasteiger partial charge in [0.25, 0.3) is 5.91 Å². The zero-order valence-electron chi connectivity index (χ0n) is 19.1. The summed E-state index contributed by atoms with van der Waals surface area (Å²) in [5.41, 5.74) is 1.18. The number of nitrogens with zero attached hydrogens (tertiary/aromatic N) is 4. The number of amides is 2. The van der Waals surface area contributed by atoms with Gasteiger partial charge in [0.2, 0.25) is 5.91 Å². The molecular formula is C26H26FN5O3. The minimum Gasteiger partial charge on any atom is -0.489 e. The topological polar surface area (TPSA) is 87.7 Å². The van der Waals surface area contributed by atoms with Gasteiger partial charge in [-0.3, -0.25) is 9.59 Å². The summed E-state index contributed by atoms with van der Waals surface area (Å²) in [6.45, 7) is 2.44. The summed E-state index contributed by atoms with van der Waals surface area (Å²) < 4.78 is 19.2. The zero-order valence-corrected chi connectivity index (χ0v) is 19.1. The highest BCUT2D eigenvalue weighted by Gasteiger charge is 2.30. The monoisotopic (exact) mass is 475 g/mol. The lowest BCUT2D eigenvalue weighted by molar-refractivity contribution is -0.119. The first kappa shape index (κ1) is 22.8. The third kappa shape index (κ3) is 5.40. The Bertz CT molecular complexity index is 1170. The maximum absolute atomic E-state index is 13.1. The van der Waals surface area contributed by atoms with Gasteiger partial charge >= 0.3 is 0 Å². The van der Waals surface area contributed by atoms with E-state index < -0.39 is 0 Å². The quantitative estimate of drug-likeness (QED) is 0.588. The lowest BCUT2D eigenvalue weighted by atomic mass is 10.1. The predicted octanol–water partition coefficient (Wildman–Crippen LogP) is 3.37. The molecule has 1 aromatic heterocycles. The van der Waals surface area contributed by atoms with E-state index in [2.05, 4.69) is 20.4 Å². The largest absolute Gasteiger partial charge is 0.489 e. The van der Waals surface area contributed by atoms with Crippen molar-refractivity contribution in [2.75, 3.05) is 36.4 Å². The SMILES string of the molecule is O=C(Nc1ccc(O[C@@H]2CCN(C(=O)c3ccc(F)cc3)C2)cc1)C1CCN(c2cccnn2)C1. The van der Waals surface area contributed by atoms with Crippen LogP contribution in [0.2, 0.25) is 0 Å². The third-order valence-corrected chi connectivity index (χ3v) is 6.39. The van der Waals surface area contributed by atoms with E-state index in [0.717, 1.165) is 25.2 Å². The van der Waals surface area contributed by atoms with Crippen LogP contribution in [0.4, 0.5) is 15.9 Å². The Morgan fingerprint density at radius 3 is 2.51 bits per heavy atom. The van der Waals surface area contributed by atoms with Gasteiger partial charge in [-0.2, -0.15) is 5.10 Å². The Balaban J connectivity index is 1.10. The molecule has 2 aliphatic rings. The Labute approximate surface area is 202 Å². The molecule has 0 bridgehead atoms. The van der Waals surface area contributed by atoms with Crippen LogP contribution in [0.1, 0.15) is 23.2 Å². The first-order chi connectivity index (χ1) is 17.0. The summed E-state index contributed by atoms with van der Waals surface area (Å²) in [6.07, 6.45) is 2.99. The normalized spacial score (nSPS) is 19.6. The lowest BCUT2D eigenvalue weighted by Gasteiger charge is -2.18. The zero-order chi connectivity index (χ0) is 24.2. The summed E-state index contributed by atoms with van der Waals surface area (Å²) in [4.78, 5) is 29.1. The van der Waals surface area contributed by atoms with E-state index in [-0.39, 0.29) is 29.7 Å². The summed E-state index contributed by atoms with van der Waals surface area (Å²) in [5, 5.41) is 11.0. The second-order valence-electron chi connectivity index (χ2n) is 8.81. The van der Waals surface area contributed by atoms with Crippen molar-refractivity contribution in [2.45, 2.75) is 18.9 Å². The van der Waals surface area contributed by atoms with E-state index >= 15 is 0 Å². The Morgan fingerprint density at radius 1 is 0.971 bits per heavy atom. The number of carbonyl (C=O) groups excluding carboxylic acids is 2. The first-order valence-electron chi connectivity index (χ1n) is 11.7. The highest BCUT2D eigenvalue weighted by atomic mass is 19.1. The van der Waals surface area contributed by atoms with Crippen molar-refractivity contribution >= 4 is 23.3 Å². The van der Waals surface area contributed by atoms with Crippen molar-refractivity contribution in [2.24, 2.45) is 5.92 Å². The molecule has 3 aromatic rings. The Hall–Kier alpha value is -4.01. The number of hydrogen-bond donors (Lipinski definition) is 1. The first-order valence-corrected chi connectivity index (χ1v) is 11.7. The smallest absolute Gasteiger partial charge is 0.253 e. The molecule has 35 heavy (non-hydrogen) atoms. The second kappa shape index (κ2) is 10.1. The fraction of sp³-hybridized carbons (Fsp3) is 0.308. The molecule has 180 valence electrons. The van der Waals surface area contributed by atoms with Gasteiger partial charge in [-0.05, 0) is 67.1 Å². The number of nitrogens with one attached hydrogen (secondary N) is 1. The fourth-order valence-corrected chi connectivity index (χ4v) is 4.48. The van der Waals surface area contributed by atoms with Crippen LogP contribution in [-0.2, 0) is 4.79 Å². The van der Waals surface area contributed by atoms with Crippen LogP contribution in [0.25, 0.3) is 0 Å². The van der Waals surface area contributed by atoms with Crippen LogP contribution in [0.15, 0.2) is 66.9 Å². The predicted molar refractivity (Wildman–Crippen MR) is 129 cm³/mol. The van der Waals surface area contributed by atoms with Gasteiger partial charge in [-0.15, -0.1) is 5.10 Å². The van der Waals surface area contributed by atoms with Gasteiger partial charge in [0, 0.05) is 43.5 Å². The molecular weight excluding hydrogens is 449 g/mol. The number of benzene rings is 2. The lowest BCUT2D eigenvalue weighted by Crippen LogP contribution is -2.30. The van der Waals surface area contributed by atoms with Gasteiger partial charge in [0.1, 0.15) is 17.7 Å². The van der Waals surface area contributed by atoms with E-state index in [1.165, 1.54) is 24.3 Å². The van der Waals surface area contributed by atoms with E-state index in [9.17, 15) is 14.0 Å². The molecule has 2 amide bonds. The van der Waals surface area contributed by atoms with Crippen molar-refractivity contribution in [3.05, 3.63) is 78.2 Å². The number of hydrogen-bond acceptors (Lipinski definition) is 6. The van der Waals surface area contributed by atoms with Gasteiger partial charge in [-0.1, -0.05) is 0 Å². The molecule has 2 fully saturated rings. The van der Waals surface area contributed by atoms with Crippen LogP contribution in [0.3, 0.4) is 0 Å². The molecule has 5 rings (SSSR count). The number of likely N-dealkylation sites (tertiary alicyclic amines) is 1. The van der Waals surface area contributed by atoms with Crippen LogP contribution in [-0.4, -0.2) is 59.2 Å². The molecule has 0 aliphatic carbocycles. The number of ether oxygens (including phenoxy) is 1. The molecule has 2 aliphatic heterocycles. The summed E-state index contributed by atoms with van der Waals surface area (Å²) >= 11 is 0. The molecule has 9 heteroatoms. The molecule has 8 nitrogen and oxygen atoms in total. The molecule has 2 saturated heterocycles. The summed E-state index contributed by atoms with van der Waals surface area (Å²) in [7, 11) is 0. The summed E-state index contributed by atoms with van der Waals surface area (Å²) in [5.74, 6) is 0.842. The van der Waals surface area contributed by atoms with Crippen molar-refractivity contribution in [1.29, 1.82) is 0 Å². The highest BCUT2D eigenvalue weighted by molar-refractivity contribution is 5.94. The fourth-order valence-electron chi connectivity index (χ4n) is 4.48. The Morgan fingerprint density at radius 2 is 1.77 bits per heavy atom. The molecule has 1 unspecified atom stereocenters.